The molecule has 0 radical (unpaired) electrons. The number of hydrogen-bond donors (Lipinski definition) is 0. The molecular weight excluding hydrogens is 184 g/mol. The Hall–Kier alpha value is -0.0431. The molecular formula is C13H28Si. The number of hydrogen-bond acceptors (Lipinski definition) is 0. The van der Waals surface area contributed by atoms with Crippen LogP contribution < -0.4 is 0 Å². The maximum atomic E-state index is 2.34. The van der Waals surface area contributed by atoms with Crippen molar-refractivity contribution in [2.75, 3.05) is 0 Å². The summed E-state index contributed by atoms with van der Waals surface area (Å²) in [4.78, 5) is 0. The van der Waals surface area contributed by atoms with Crippen molar-refractivity contribution in [3.05, 3.63) is 11.8 Å². The van der Waals surface area contributed by atoms with Crippen molar-refractivity contribution in [2.45, 2.75) is 71.1 Å². The second-order valence-electron chi connectivity index (χ2n) is 4.19. The molecule has 0 nitrogen and oxygen atoms in total. The van der Waals surface area contributed by atoms with Crippen LogP contribution in [0.1, 0.15) is 71.1 Å². The Morgan fingerprint density at radius 3 is 1.79 bits per heavy atom. The zero-order valence-electron chi connectivity index (χ0n) is 10.2. The molecule has 0 aliphatic carbocycles. The van der Waals surface area contributed by atoms with Crippen LogP contribution >= 0.6 is 0 Å². The molecule has 0 rings (SSSR count). The van der Waals surface area contributed by atoms with Crippen molar-refractivity contribution >= 4 is 10.2 Å². The summed E-state index contributed by atoms with van der Waals surface area (Å²) in [5.74, 6) is 0. The maximum Gasteiger partial charge on any atom is 0.0287 e. The molecule has 0 amide bonds. The molecule has 0 aromatic rings. The van der Waals surface area contributed by atoms with Crippen LogP contribution in [0.25, 0.3) is 0 Å². The van der Waals surface area contributed by atoms with Crippen LogP contribution in [0.2, 0.25) is 0 Å². The van der Waals surface area contributed by atoms with E-state index in [1.807, 2.05) is 0 Å². The molecule has 0 aliphatic rings. The molecule has 0 saturated carbocycles. The maximum absolute atomic E-state index is 2.34. The molecule has 14 heavy (non-hydrogen) atoms. The molecule has 84 valence electrons. The molecule has 0 aliphatic heterocycles. The Bertz CT molecular complexity index is 118. The standard InChI is InChI=1S/C13H28Si/c1-2-3-4-5-6-7-8-9-10-11-12-13-14/h12-13H,2-11H2,1,14H3. The smallest absolute Gasteiger partial charge is 0.0287 e. The van der Waals surface area contributed by atoms with Crippen molar-refractivity contribution < 1.29 is 0 Å². The minimum atomic E-state index is 1.23. The van der Waals surface area contributed by atoms with E-state index in [1.165, 1.54) is 74.5 Å². The fourth-order valence-electron chi connectivity index (χ4n) is 1.74. The lowest BCUT2D eigenvalue weighted by Crippen LogP contribution is -1.80. The normalized spacial score (nSPS) is 11.5. The van der Waals surface area contributed by atoms with Crippen LogP contribution in [-0.2, 0) is 0 Å². The molecule has 0 N–H and O–H groups in total. The van der Waals surface area contributed by atoms with Gasteiger partial charge in [0.15, 0.2) is 0 Å². The van der Waals surface area contributed by atoms with E-state index in [2.05, 4.69) is 18.7 Å². The van der Waals surface area contributed by atoms with Gasteiger partial charge in [0.25, 0.3) is 0 Å². The highest BCUT2D eigenvalue weighted by Gasteiger charge is 1.90. The highest BCUT2D eigenvalue weighted by molar-refractivity contribution is 6.16. The third-order valence-electron chi connectivity index (χ3n) is 2.71. The fourth-order valence-corrected chi connectivity index (χ4v) is 2.07. The summed E-state index contributed by atoms with van der Waals surface area (Å²) in [7, 11) is 1.23. The summed E-state index contributed by atoms with van der Waals surface area (Å²) in [6.07, 6.45) is 16.6. The largest absolute Gasteiger partial charge is 0.109 e. The van der Waals surface area contributed by atoms with E-state index in [0.29, 0.717) is 0 Å². The lowest BCUT2D eigenvalue weighted by Gasteiger charge is -2.00. The Kier molecular flexibility index (Phi) is 12.9. The van der Waals surface area contributed by atoms with Gasteiger partial charge in [-0.05, 0) is 12.8 Å². The van der Waals surface area contributed by atoms with Crippen molar-refractivity contribution in [2.24, 2.45) is 0 Å². The zero-order chi connectivity index (χ0) is 10.5. The average Bonchev–Trinajstić information content (AvgIpc) is 2.21. The van der Waals surface area contributed by atoms with Crippen molar-refractivity contribution in [3.8, 4) is 0 Å². The highest BCUT2D eigenvalue weighted by atomic mass is 28.1. The van der Waals surface area contributed by atoms with E-state index < -0.39 is 0 Å². The van der Waals surface area contributed by atoms with Crippen LogP contribution in [0, 0.1) is 0 Å². The van der Waals surface area contributed by atoms with Gasteiger partial charge in [0.2, 0.25) is 0 Å². The van der Waals surface area contributed by atoms with E-state index in [4.69, 9.17) is 0 Å². The van der Waals surface area contributed by atoms with Gasteiger partial charge < -0.3 is 0 Å². The van der Waals surface area contributed by atoms with Gasteiger partial charge in [0.05, 0.1) is 0 Å². The molecule has 0 heterocycles. The summed E-state index contributed by atoms with van der Waals surface area (Å²) in [6, 6.07) is 0. The Morgan fingerprint density at radius 2 is 1.29 bits per heavy atom. The quantitative estimate of drug-likeness (QED) is 0.382. The third-order valence-corrected chi connectivity index (χ3v) is 3.18. The first kappa shape index (κ1) is 14.0. The van der Waals surface area contributed by atoms with Gasteiger partial charge in [-0.25, -0.2) is 0 Å². The molecule has 0 unspecified atom stereocenters. The van der Waals surface area contributed by atoms with Crippen LogP contribution in [-0.4, -0.2) is 10.2 Å². The first-order valence-corrected chi connectivity index (χ1v) is 7.68. The van der Waals surface area contributed by atoms with Crippen molar-refractivity contribution in [1.82, 2.24) is 0 Å². The fraction of sp³-hybridized carbons (Fsp3) is 0.846. The summed E-state index contributed by atoms with van der Waals surface area (Å²) in [5, 5.41) is 0. The zero-order valence-corrected chi connectivity index (χ0v) is 12.2. The van der Waals surface area contributed by atoms with Gasteiger partial charge in [-0.15, -0.1) is 5.70 Å². The van der Waals surface area contributed by atoms with Gasteiger partial charge >= 0.3 is 0 Å². The van der Waals surface area contributed by atoms with Crippen LogP contribution in [0.3, 0.4) is 0 Å². The van der Waals surface area contributed by atoms with E-state index in [-0.39, 0.29) is 0 Å². The molecule has 1 heteroatoms. The van der Waals surface area contributed by atoms with Gasteiger partial charge in [-0.2, -0.15) is 0 Å². The monoisotopic (exact) mass is 212 g/mol. The lowest BCUT2D eigenvalue weighted by atomic mass is 10.1. The summed E-state index contributed by atoms with van der Waals surface area (Å²) in [5.41, 5.74) is 2.30. The van der Waals surface area contributed by atoms with Crippen molar-refractivity contribution in [1.29, 1.82) is 0 Å². The molecule has 0 saturated heterocycles. The third kappa shape index (κ3) is 12.0. The number of rotatable bonds is 10. The molecule has 0 aromatic heterocycles. The van der Waals surface area contributed by atoms with Crippen LogP contribution in [0.5, 0.6) is 0 Å². The lowest BCUT2D eigenvalue weighted by molar-refractivity contribution is 0.566. The van der Waals surface area contributed by atoms with E-state index in [9.17, 15) is 0 Å². The second kappa shape index (κ2) is 13.0. The summed E-state index contributed by atoms with van der Waals surface area (Å²) in [6.45, 7) is 2.28. The molecule has 0 fully saturated rings. The van der Waals surface area contributed by atoms with E-state index in [0.717, 1.165) is 0 Å². The molecule has 0 bridgehead atoms. The number of allylic oxidation sites excluding steroid dienone is 1. The minimum Gasteiger partial charge on any atom is -0.109 e. The Morgan fingerprint density at radius 1 is 0.786 bits per heavy atom. The van der Waals surface area contributed by atoms with Crippen LogP contribution in [0.4, 0.5) is 0 Å². The topological polar surface area (TPSA) is 0 Å². The SMILES string of the molecule is CCCCCCCCCCCC=C[SiH3]. The molecule has 0 atom stereocenters. The Balaban J connectivity index is 2.85. The average molecular weight is 212 g/mol. The van der Waals surface area contributed by atoms with Gasteiger partial charge in [0, 0.05) is 10.2 Å². The van der Waals surface area contributed by atoms with E-state index in [1.54, 1.807) is 0 Å². The predicted octanol–water partition coefficient (Wildman–Crippen LogP) is 3.79. The first-order chi connectivity index (χ1) is 6.91. The first-order valence-electron chi connectivity index (χ1n) is 6.53. The highest BCUT2D eigenvalue weighted by Crippen LogP contribution is 2.10. The van der Waals surface area contributed by atoms with Gasteiger partial charge in [-0.3, -0.25) is 0 Å². The molecule has 0 spiro atoms. The molecule has 0 aromatic carbocycles. The van der Waals surface area contributed by atoms with Crippen molar-refractivity contribution in [3.63, 3.8) is 0 Å². The minimum absolute atomic E-state index is 1.23. The summed E-state index contributed by atoms with van der Waals surface area (Å²) < 4.78 is 0. The predicted molar refractivity (Wildman–Crippen MR) is 70.9 cm³/mol. The van der Waals surface area contributed by atoms with E-state index >= 15 is 0 Å². The van der Waals surface area contributed by atoms with Crippen LogP contribution in [0.15, 0.2) is 11.8 Å². The van der Waals surface area contributed by atoms with Gasteiger partial charge in [0.1, 0.15) is 0 Å². The second-order valence-corrected chi connectivity index (χ2v) is 4.85. The Labute approximate surface area is 93.6 Å². The summed E-state index contributed by atoms with van der Waals surface area (Å²) >= 11 is 0. The number of unbranched alkanes of at least 4 members (excludes halogenated alkanes) is 9. The van der Waals surface area contributed by atoms with Gasteiger partial charge in [-0.1, -0.05) is 64.4 Å².